The maximum atomic E-state index is 13.2. The van der Waals surface area contributed by atoms with Crippen LogP contribution < -0.4 is 0 Å². The summed E-state index contributed by atoms with van der Waals surface area (Å²) in [7, 11) is 0. The van der Waals surface area contributed by atoms with Crippen LogP contribution in [0.5, 0.6) is 0 Å². The third-order valence-corrected chi connectivity index (χ3v) is 5.47. The lowest BCUT2D eigenvalue weighted by Crippen LogP contribution is -2.32. The molecule has 6 nitrogen and oxygen atoms in total. The molecule has 146 valence electrons. The van der Waals surface area contributed by atoms with Crippen LogP contribution in [0.4, 0.5) is 4.39 Å². The summed E-state index contributed by atoms with van der Waals surface area (Å²) in [5.74, 6) is 0.284. The van der Waals surface area contributed by atoms with E-state index >= 15 is 0 Å². The average Bonchev–Trinajstić information content (AvgIpc) is 3.35. The van der Waals surface area contributed by atoms with E-state index in [1.807, 2.05) is 18.2 Å². The molecule has 2 aromatic heterocycles. The molecule has 0 aliphatic carbocycles. The lowest BCUT2D eigenvalue weighted by atomic mass is 10.1. The van der Waals surface area contributed by atoms with Gasteiger partial charge in [-0.2, -0.15) is 5.10 Å². The van der Waals surface area contributed by atoms with E-state index in [0.29, 0.717) is 17.3 Å². The highest BCUT2D eigenvalue weighted by atomic mass is 32.2. The molecule has 4 rings (SSSR count). The topological polar surface area (TPSA) is 71.1 Å². The fraction of sp³-hybridized carbons (Fsp3) is 0.143. The van der Waals surface area contributed by atoms with Crippen LogP contribution in [-0.4, -0.2) is 32.4 Å². The number of hydrogen-bond acceptors (Lipinski definition) is 6. The van der Waals surface area contributed by atoms with E-state index in [1.54, 1.807) is 48.0 Å². The van der Waals surface area contributed by atoms with Crippen LogP contribution in [0.1, 0.15) is 16.9 Å². The van der Waals surface area contributed by atoms with Crippen molar-refractivity contribution in [2.45, 2.75) is 18.2 Å². The molecule has 1 atom stereocenters. The molecule has 1 fully saturated rings. The Morgan fingerprint density at radius 2 is 1.97 bits per heavy atom. The second-order valence-corrected chi connectivity index (χ2v) is 7.52. The molecular weight excluding hydrogens is 391 g/mol. The SMILES string of the molecule is O=C1[C@H](Cc2ccc(F)cc2)S/C(=N/N=C\c2ccncc2)N1Cc1ccco1. The fourth-order valence-corrected chi connectivity index (χ4v) is 3.98. The summed E-state index contributed by atoms with van der Waals surface area (Å²) in [6.45, 7) is 0.280. The molecule has 0 radical (unpaired) electrons. The highest BCUT2D eigenvalue weighted by Crippen LogP contribution is 2.31. The Kier molecular flexibility index (Phi) is 5.81. The molecule has 1 aliphatic heterocycles. The Balaban J connectivity index is 1.54. The second-order valence-electron chi connectivity index (χ2n) is 6.35. The summed E-state index contributed by atoms with van der Waals surface area (Å²) in [4.78, 5) is 18.5. The van der Waals surface area contributed by atoms with Crippen molar-refractivity contribution >= 4 is 29.1 Å². The molecule has 0 spiro atoms. The first-order valence-corrected chi connectivity index (χ1v) is 9.83. The van der Waals surface area contributed by atoms with Gasteiger partial charge >= 0.3 is 0 Å². The van der Waals surface area contributed by atoms with Crippen LogP contribution in [0.15, 0.2) is 81.8 Å². The molecule has 1 saturated heterocycles. The van der Waals surface area contributed by atoms with E-state index in [2.05, 4.69) is 15.2 Å². The van der Waals surface area contributed by atoms with Gasteiger partial charge in [0.15, 0.2) is 5.17 Å². The van der Waals surface area contributed by atoms with Crippen LogP contribution in [0.2, 0.25) is 0 Å². The van der Waals surface area contributed by atoms with Gasteiger partial charge in [0.25, 0.3) is 0 Å². The standard InChI is InChI=1S/C21H17FN4O2S/c22-17-5-3-15(4-6-17)12-19-20(27)26(14-18-2-1-11-28-18)21(29-19)25-24-13-16-7-9-23-10-8-16/h1-11,13,19H,12,14H2/b24-13-,25-21+/t19-/m0/s1. The zero-order valence-corrected chi connectivity index (χ0v) is 16.1. The van der Waals surface area contributed by atoms with E-state index in [0.717, 1.165) is 11.1 Å². The lowest BCUT2D eigenvalue weighted by molar-refractivity contribution is -0.126. The van der Waals surface area contributed by atoms with Crippen molar-refractivity contribution in [1.29, 1.82) is 0 Å². The highest BCUT2D eigenvalue weighted by molar-refractivity contribution is 8.15. The summed E-state index contributed by atoms with van der Waals surface area (Å²) in [5.41, 5.74) is 1.75. The molecule has 3 heterocycles. The van der Waals surface area contributed by atoms with Gasteiger partial charge in [0, 0.05) is 12.4 Å². The van der Waals surface area contributed by atoms with Gasteiger partial charge in [-0.3, -0.25) is 14.7 Å². The van der Waals surface area contributed by atoms with Crippen molar-refractivity contribution in [3.05, 3.63) is 89.9 Å². The number of benzene rings is 1. The van der Waals surface area contributed by atoms with E-state index in [-0.39, 0.29) is 23.5 Å². The predicted octanol–water partition coefficient (Wildman–Crippen LogP) is 3.89. The Morgan fingerprint density at radius 3 is 2.69 bits per heavy atom. The number of carbonyl (C=O) groups excluding carboxylic acids is 1. The Morgan fingerprint density at radius 1 is 1.17 bits per heavy atom. The first-order valence-electron chi connectivity index (χ1n) is 8.95. The predicted molar refractivity (Wildman–Crippen MR) is 110 cm³/mol. The molecule has 0 unspecified atom stereocenters. The number of aromatic nitrogens is 1. The number of amides is 1. The molecule has 1 aliphatic rings. The van der Waals surface area contributed by atoms with Crippen molar-refractivity contribution in [1.82, 2.24) is 9.88 Å². The first kappa shape index (κ1) is 19.1. The van der Waals surface area contributed by atoms with Crippen molar-refractivity contribution in [3.63, 3.8) is 0 Å². The maximum absolute atomic E-state index is 13.2. The second kappa shape index (κ2) is 8.83. The van der Waals surface area contributed by atoms with Gasteiger partial charge in [0.2, 0.25) is 5.91 Å². The number of hydrogen-bond donors (Lipinski definition) is 0. The van der Waals surface area contributed by atoms with Crippen LogP contribution in [0.3, 0.4) is 0 Å². The molecule has 0 bridgehead atoms. The summed E-state index contributed by atoms with van der Waals surface area (Å²) in [6.07, 6.45) is 7.00. The maximum Gasteiger partial charge on any atom is 0.242 e. The summed E-state index contributed by atoms with van der Waals surface area (Å²) < 4.78 is 18.5. The number of pyridine rings is 1. The first-order chi connectivity index (χ1) is 14.2. The molecular formula is C21H17FN4O2S. The summed E-state index contributed by atoms with van der Waals surface area (Å²) in [6, 6.07) is 13.4. The normalized spacial score (nSPS) is 18.2. The zero-order chi connectivity index (χ0) is 20.1. The molecule has 1 amide bonds. The number of thioether (sulfide) groups is 1. The van der Waals surface area contributed by atoms with Crippen LogP contribution in [0, 0.1) is 5.82 Å². The highest BCUT2D eigenvalue weighted by Gasteiger charge is 2.38. The molecule has 1 aromatic carbocycles. The molecule has 0 N–H and O–H groups in total. The zero-order valence-electron chi connectivity index (χ0n) is 15.3. The fourth-order valence-electron chi connectivity index (χ4n) is 2.85. The van der Waals surface area contributed by atoms with Crippen LogP contribution >= 0.6 is 11.8 Å². The monoisotopic (exact) mass is 408 g/mol. The van der Waals surface area contributed by atoms with E-state index in [1.165, 1.54) is 23.9 Å². The molecule has 0 saturated carbocycles. The quantitative estimate of drug-likeness (QED) is 0.458. The van der Waals surface area contributed by atoms with Gasteiger partial charge in [0.05, 0.1) is 24.3 Å². The van der Waals surface area contributed by atoms with Crippen LogP contribution in [-0.2, 0) is 17.8 Å². The molecule has 8 heteroatoms. The van der Waals surface area contributed by atoms with Crippen LogP contribution in [0.25, 0.3) is 0 Å². The number of carbonyl (C=O) groups is 1. The van der Waals surface area contributed by atoms with Crippen molar-refractivity contribution < 1.29 is 13.6 Å². The number of furan rings is 1. The van der Waals surface area contributed by atoms with Crippen molar-refractivity contribution in [2.24, 2.45) is 10.2 Å². The lowest BCUT2D eigenvalue weighted by Gasteiger charge is -2.14. The minimum atomic E-state index is -0.356. The smallest absolute Gasteiger partial charge is 0.242 e. The third kappa shape index (κ3) is 4.78. The van der Waals surface area contributed by atoms with Gasteiger partial charge in [-0.15, -0.1) is 5.10 Å². The minimum Gasteiger partial charge on any atom is -0.467 e. The number of halogens is 1. The van der Waals surface area contributed by atoms with Gasteiger partial charge < -0.3 is 4.42 Å². The van der Waals surface area contributed by atoms with Gasteiger partial charge in [0.1, 0.15) is 11.6 Å². The summed E-state index contributed by atoms with van der Waals surface area (Å²) >= 11 is 1.35. The number of amidine groups is 1. The largest absolute Gasteiger partial charge is 0.467 e. The Labute approximate surface area is 171 Å². The van der Waals surface area contributed by atoms with Gasteiger partial charge in [-0.1, -0.05) is 23.9 Å². The number of nitrogens with zero attached hydrogens (tertiary/aromatic N) is 4. The van der Waals surface area contributed by atoms with Crippen molar-refractivity contribution in [2.75, 3.05) is 0 Å². The molecule has 29 heavy (non-hydrogen) atoms. The van der Waals surface area contributed by atoms with Crippen molar-refractivity contribution in [3.8, 4) is 0 Å². The van der Waals surface area contributed by atoms with Gasteiger partial charge in [-0.25, -0.2) is 4.39 Å². The van der Waals surface area contributed by atoms with E-state index in [9.17, 15) is 9.18 Å². The van der Waals surface area contributed by atoms with Gasteiger partial charge in [-0.05, 0) is 53.9 Å². The number of rotatable bonds is 6. The van der Waals surface area contributed by atoms with E-state index < -0.39 is 0 Å². The Hall–Kier alpha value is -3.26. The van der Waals surface area contributed by atoms with E-state index in [4.69, 9.17) is 4.42 Å². The Bertz CT molecular complexity index is 1020. The minimum absolute atomic E-state index is 0.0754. The molecule has 3 aromatic rings. The average molecular weight is 408 g/mol. The summed E-state index contributed by atoms with van der Waals surface area (Å²) in [5, 5.41) is 8.55. The third-order valence-electron chi connectivity index (χ3n) is 4.30.